The summed E-state index contributed by atoms with van der Waals surface area (Å²) in [6, 6.07) is 10.4. The number of hydrogen-bond donors (Lipinski definition) is 1. The van der Waals surface area contributed by atoms with E-state index in [1.54, 1.807) is 0 Å². The van der Waals surface area contributed by atoms with Crippen LogP contribution in [0.3, 0.4) is 0 Å². The van der Waals surface area contributed by atoms with Gasteiger partial charge in [-0.1, -0.05) is 48.4 Å². The second kappa shape index (κ2) is 9.70. The van der Waals surface area contributed by atoms with Crippen LogP contribution >= 0.6 is 0 Å². The molecule has 1 aromatic rings. The average Bonchev–Trinajstić information content (AvgIpc) is 2.60. The summed E-state index contributed by atoms with van der Waals surface area (Å²) in [4.78, 5) is 9.19. The average molecular weight is 310 g/mol. The van der Waals surface area contributed by atoms with Crippen LogP contribution in [0.25, 0.3) is 6.08 Å². The van der Waals surface area contributed by atoms with Crippen LogP contribution < -0.4 is 5.32 Å². The molecular formula is C19H26N4. The van der Waals surface area contributed by atoms with Gasteiger partial charge in [0.05, 0.1) is 0 Å². The molecule has 4 heteroatoms. The van der Waals surface area contributed by atoms with Gasteiger partial charge in [0.15, 0.2) is 5.96 Å². The predicted molar refractivity (Wildman–Crippen MR) is 98.3 cm³/mol. The molecule has 1 aliphatic heterocycles. The van der Waals surface area contributed by atoms with Crippen LogP contribution in [0.4, 0.5) is 0 Å². The van der Waals surface area contributed by atoms with E-state index in [1.807, 2.05) is 6.07 Å². The lowest BCUT2D eigenvalue weighted by atomic mass is 10.2. The quantitative estimate of drug-likeness (QED) is 0.512. The molecule has 0 amide bonds. The smallest absolute Gasteiger partial charge is 0.194 e. The Morgan fingerprint density at radius 2 is 2.00 bits per heavy atom. The normalized spacial score (nSPS) is 16.5. The molecule has 2 rings (SSSR count). The fraction of sp³-hybridized carbons (Fsp3) is 0.421. The van der Waals surface area contributed by atoms with Gasteiger partial charge in [0.25, 0.3) is 0 Å². The summed E-state index contributed by atoms with van der Waals surface area (Å²) in [6.07, 6.45) is 9.73. The highest BCUT2D eigenvalue weighted by atomic mass is 15.3. The van der Waals surface area contributed by atoms with Crippen molar-refractivity contribution in [1.82, 2.24) is 15.1 Å². The molecule has 0 aliphatic carbocycles. The van der Waals surface area contributed by atoms with Gasteiger partial charge in [0.1, 0.15) is 6.54 Å². The van der Waals surface area contributed by atoms with Crippen molar-refractivity contribution >= 4 is 12.0 Å². The van der Waals surface area contributed by atoms with Crippen molar-refractivity contribution in [2.45, 2.75) is 6.92 Å². The number of hydrogen-bond acceptors (Lipinski definition) is 2. The van der Waals surface area contributed by atoms with Gasteiger partial charge in [-0.05, 0) is 12.5 Å². The predicted octanol–water partition coefficient (Wildman–Crippen LogP) is 1.92. The zero-order chi connectivity index (χ0) is 16.3. The molecule has 1 aromatic carbocycles. The number of nitrogens with zero attached hydrogens (tertiary/aromatic N) is 3. The fourth-order valence-corrected chi connectivity index (χ4v) is 2.59. The summed E-state index contributed by atoms with van der Waals surface area (Å²) in [5.74, 6) is 3.51. The molecule has 0 aromatic heterocycles. The standard InChI is InChI=1S/C19H26N4/c1-3-12-21-19(20-4-2)23-16-14-22(15-17-23)13-8-11-18-9-6-5-7-10-18/h1,5-11H,4,12-17H2,2H3,(H,20,21). The maximum absolute atomic E-state index is 5.31. The van der Waals surface area contributed by atoms with Gasteiger partial charge >= 0.3 is 0 Å². The van der Waals surface area contributed by atoms with E-state index >= 15 is 0 Å². The fourth-order valence-electron chi connectivity index (χ4n) is 2.59. The first kappa shape index (κ1) is 17.1. The third kappa shape index (κ3) is 5.80. The maximum Gasteiger partial charge on any atom is 0.194 e. The van der Waals surface area contributed by atoms with Crippen molar-refractivity contribution < 1.29 is 0 Å². The van der Waals surface area contributed by atoms with Crippen molar-refractivity contribution in [3.8, 4) is 12.3 Å². The van der Waals surface area contributed by atoms with Crippen LogP contribution in [-0.2, 0) is 0 Å². The molecule has 0 radical (unpaired) electrons. The summed E-state index contributed by atoms with van der Waals surface area (Å²) in [5, 5.41) is 3.31. The van der Waals surface area contributed by atoms with Crippen molar-refractivity contribution in [1.29, 1.82) is 0 Å². The molecule has 0 spiro atoms. The van der Waals surface area contributed by atoms with Gasteiger partial charge in [-0.25, -0.2) is 4.99 Å². The topological polar surface area (TPSA) is 30.9 Å². The second-order valence-electron chi connectivity index (χ2n) is 5.47. The van der Waals surface area contributed by atoms with Crippen LogP contribution in [0.15, 0.2) is 41.4 Å². The number of aliphatic imine (C=N–C) groups is 1. The van der Waals surface area contributed by atoms with Gasteiger partial charge < -0.3 is 10.2 Å². The van der Waals surface area contributed by atoms with Crippen molar-refractivity contribution in [3.05, 3.63) is 42.0 Å². The Morgan fingerprint density at radius 3 is 2.65 bits per heavy atom. The number of benzene rings is 1. The van der Waals surface area contributed by atoms with Crippen molar-refractivity contribution in [2.75, 3.05) is 45.8 Å². The third-order valence-electron chi connectivity index (χ3n) is 3.80. The maximum atomic E-state index is 5.31. The summed E-state index contributed by atoms with van der Waals surface area (Å²) < 4.78 is 0. The Kier molecular flexibility index (Phi) is 7.22. The molecule has 1 saturated heterocycles. The molecule has 0 unspecified atom stereocenters. The zero-order valence-corrected chi connectivity index (χ0v) is 13.9. The highest BCUT2D eigenvalue weighted by Crippen LogP contribution is 2.05. The summed E-state index contributed by atoms with van der Waals surface area (Å²) >= 11 is 0. The Morgan fingerprint density at radius 1 is 1.26 bits per heavy atom. The first-order chi connectivity index (χ1) is 11.3. The van der Waals surface area contributed by atoms with Gasteiger partial charge in [-0.3, -0.25) is 4.90 Å². The molecule has 4 nitrogen and oxygen atoms in total. The number of piperazine rings is 1. The van der Waals surface area contributed by atoms with E-state index < -0.39 is 0 Å². The number of rotatable bonds is 5. The van der Waals surface area contributed by atoms with Crippen LogP contribution in [0.1, 0.15) is 12.5 Å². The summed E-state index contributed by atoms with van der Waals surface area (Å²) in [7, 11) is 0. The third-order valence-corrected chi connectivity index (χ3v) is 3.80. The van der Waals surface area contributed by atoms with E-state index in [0.717, 1.165) is 45.2 Å². The van der Waals surface area contributed by atoms with Gasteiger partial charge in [-0.15, -0.1) is 6.42 Å². The molecule has 0 atom stereocenters. The second-order valence-corrected chi connectivity index (χ2v) is 5.47. The van der Waals surface area contributed by atoms with Gasteiger partial charge in [0.2, 0.25) is 0 Å². The largest absolute Gasteiger partial charge is 0.356 e. The Balaban J connectivity index is 1.79. The molecule has 0 saturated carbocycles. The molecule has 1 fully saturated rings. The SMILES string of the molecule is C#CCN=C(NCC)N1CCN(CC=Cc2ccccc2)CC1. The van der Waals surface area contributed by atoms with E-state index in [2.05, 4.69) is 69.4 Å². The molecule has 1 aliphatic rings. The molecule has 0 bridgehead atoms. The van der Waals surface area contributed by atoms with Crippen LogP contribution in [0.5, 0.6) is 0 Å². The summed E-state index contributed by atoms with van der Waals surface area (Å²) in [6.45, 7) is 8.41. The molecular weight excluding hydrogens is 284 g/mol. The van der Waals surface area contributed by atoms with E-state index in [4.69, 9.17) is 6.42 Å². The number of guanidine groups is 1. The van der Waals surface area contributed by atoms with Crippen molar-refractivity contribution in [3.63, 3.8) is 0 Å². The van der Waals surface area contributed by atoms with Crippen LogP contribution in [-0.4, -0.2) is 61.6 Å². The molecule has 1 N–H and O–H groups in total. The molecule has 122 valence electrons. The zero-order valence-electron chi connectivity index (χ0n) is 13.9. The van der Waals surface area contributed by atoms with Crippen molar-refractivity contribution in [2.24, 2.45) is 4.99 Å². The van der Waals surface area contributed by atoms with Crippen LogP contribution in [0.2, 0.25) is 0 Å². The van der Waals surface area contributed by atoms with Gasteiger partial charge in [0, 0.05) is 39.3 Å². The Labute approximate surface area is 139 Å². The Hall–Kier alpha value is -2.25. The first-order valence-corrected chi connectivity index (χ1v) is 8.24. The molecule has 23 heavy (non-hydrogen) atoms. The molecule has 1 heterocycles. The minimum atomic E-state index is 0.433. The minimum absolute atomic E-state index is 0.433. The lowest BCUT2D eigenvalue weighted by Gasteiger charge is -2.36. The highest BCUT2D eigenvalue weighted by Gasteiger charge is 2.18. The van der Waals surface area contributed by atoms with E-state index in [0.29, 0.717) is 6.54 Å². The lowest BCUT2D eigenvalue weighted by Crippen LogP contribution is -2.52. The lowest BCUT2D eigenvalue weighted by molar-refractivity contribution is 0.194. The van der Waals surface area contributed by atoms with E-state index in [1.165, 1.54) is 5.56 Å². The first-order valence-electron chi connectivity index (χ1n) is 8.24. The highest BCUT2D eigenvalue weighted by molar-refractivity contribution is 5.80. The summed E-state index contributed by atoms with van der Waals surface area (Å²) in [5.41, 5.74) is 1.25. The van der Waals surface area contributed by atoms with Gasteiger partial charge in [-0.2, -0.15) is 0 Å². The van der Waals surface area contributed by atoms with E-state index in [-0.39, 0.29) is 0 Å². The number of terminal acetylenes is 1. The monoisotopic (exact) mass is 310 g/mol. The van der Waals surface area contributed by atoms with E-state index in [9.17, 15) is 0 Å². The minimum Gasteiger partial charge on any atom is -0.356 e. The van der Waals surface area contributed by atoms with Crippen LogP contribution in [0, 0.1) is 12.3 Å². The Bertz CT molecular complexity index is 548. The number of nitrogens with one attached hydrogen (secondary N) is 1.